The van der Waals surface area contributed by atoms with Crippen LogP contribution in [0.3, 0.4) is 0 Å². The lowest BCUT2D eigenvalue weighted by Gasteiger charge is -2.26. The first-order valence-corrected chi connectivity index (χ1v) is 13.1. The number of aromatic amines is 1. The number of rotatable bonds is 4. The molecule has 1 aromatic carbocycles. The summed E-state index contributed by atoms with van der Waals surface area (Å²) >= 11 is 14.4. The quantitative estimate of drug-likeness (QED) is 0.358. The molecule has 36 heavy (non-hydrogen) atoms. The first-order valence-electron chi connectivity index (χ1n) is 11.5. The minimum atomic E-state index is -0.182. The highest BCUT2D eigenvalue weighted by Gasteiger charge is 2.70. The highest BCUT2D eigenvalue weighted by atomic mass is 35.5. The first kappa shape index (κ1) is 22.2. The zero-order chi connectivity index (χ0) is 24.9. The number of halogens is 2. The van der Waals surface area contributed by atoms with Gasteiger partial charge in [0.1, 0.15) is 21.2 Å². The number of aromatic nitrogens is 7. The van der Waals surface area contributed by atoms with Crippen molar-refractivity contribution in [2.75, 3.05) is 24.5 Å². The molecular weight excluding hydrogens is 521 g/mol. The Hall–Kier alpha value is -2.99. The molecule has 10 nitrogen and oxygen atoms in total. The van der Waals surface area contributed by atoms with Crippen LogP contribution in [-0.2, 0) is 19.5 Å². The number of nitrogens with one attached hydrogen (secondary N) is 1. The van der Waals surface area contributed by atoms with Gasteiger partial charge in [0, 0.05) is 61.7 Å². The normalized spacial score (nSPS) is 23.2. The number of piperidine rings is 1. The summed E-state index contributed by atoms with van der Waals surface area (Å²) in [5.74, 6) is 1.30. The van der Waals surface area contributed by atoms with Gasteiger partial charge in [-0.3, -0.25) is 19.1 Å². The van der Waals surface area contributed by atoms with E-state index in [1.165, 1.54) is 0 Å². The van der Waals surface area contributed by atoms with Gasteiger partial charge in [-0.2, -0.15) is 15.2 Å². The average molecular weight is 542 g/mol. The van der Waals surface area contributed by atoms with E-state index >= 15 is 0 Å². The van der Waals surface area contributed by atoms with Crippen molar-refractivity contribution >= 4 is 62.4 Å². The van der Waals surface area contributed by atoms with Crippen molar-refractivity contribution in [2.24, 2.45) is 31.7 Å². The van der Waals surface area contributed by atoms with Crippen molar-refractivity contribution < 1.29 is 0 Å². The summed E-state index contributed by atoms with van der Waals surface area (Å²) in [6.07, 6.45) is 1.85. The molecule has 0 unspecified atom stereocenters. The SMILES string of the molecule is Cn1cc2c(Cl)c(-c3n[nH]c4nc(N5C[C@@H]6[C@H](C5)[C@]6(CN)c5nc(Cl)cs5)n(C)c(=O)c34)ccc2n1. The maximum absolute atomic E-state index is 13.6. The molecule has 2 aliphatic rings. The standard InChI is InChI=1S/C23H21Cl2N9OS/c1-32-5-11-14(31-32)4-3-10(17(11)25)18-16-19(30-29-18)28-22(33(2)20(16)35)34-6-12-13(7-34)23(12,9-26)21-27-15(24)8-36-21/h3-5,8,12-13H,6-7,9,26H2,1-2H3,(H,29,30)/t12-,13+,23-. The summed E-state index contributed by atoms with van der Waals surface area (Å²) in [7, 11) is 3.58. The molecule has 4 aromatic heterocycles. The molecule has 0 radical (unpaired) electrons. The smallest absolute Gasteiger partial charge is 0.266 e. The topological polar surface area (TPSA) is 124 Å². The van der Waals surface area contributed by atoms with E-state index in [1.54, 1.807) is 27.6 Å². The van der Waals surface area contributed by atoms with Crippen molar-refractivity contribution in [3.05, 3.63) is 49.2 Å². The molecule has 0 amide bonds. The summed E-state index contributed by atoms with van der Waals surface area (Å²) < 4.78 is 3.30. The largest absolute Gasteiger partial charge is 0.341 e. The maximum Gasteiger partial charge on any atom is 0.266 e. The number of thiazole rings is 1. The molecule has 3 atom stereocenters. The summed E-state index contributed by atoms with van der Waals surface area (Å²) in [6, 6.07) is 3.71. The summed E-state index contributed by atoms with van der Waals surface area (Å²) in [6.45, 7) is 2.02. The van der Waals surface area contributed by atoms with Crippen LogP contribution in [0.2, 0.25) is 10.2 Å². The molecule has 1 saturated carbocycles. The van der Waals surface area contributed by atoms with E-state index in [4.69, 9.17) is 33.9 Å². The Bertz CT molecular complexity index is 1740. The molecule has 0 spiro atoms. The second-order valence-electron chi connectivity index (χ2n) is 9.57. The molecule has 184 valence electrons. The van der Waals surface area contributed by atoms with Gasteiger partial charge in [-0.1, -0.05) is 23.2 Å². The van der Waals surface area contributed by atoms with Gasteiger partial charge in [0.2, 0.25) is 5.95 Å². The number of hydrogen-bond donors (Lipinski definition) is 2. The number of nitrogens with two attached hydrogens (primary N) is 1. The van der Waals surface area contributed by atoms with Crippen LogP contribution >= 0.6 is 34.5 Å². The van der Waals surface area contributed by atoms with E-state index in [0.717, 1.165) is 29.0 Å². The fourth-order valence-corrected chi connectivity index (χ4v) is 7.55. The van der Waals surface area contributed by atoms with Crippen LogP contribution in [0.5, 0.6) is 0 Å². The molecule has 1 aliphatic heterocycles. The molecule has 1 aliphatic carbocycles. The second kappa shape index (κ2) is 7.51. The highest BCUT2D eigenvalue weighted by Crippen LogP contribution is 2.63. The monoisotopic (exact) mass is 541 g/mol. The Labute approximate surface area is 218 Å². The van der Waals surface area contributed by atoms with Gasteiger partial charge in [0.05, 0.1) is 10.5 Å². The molecule has 13 heteroatoms. The third kappa shape index (κ3) is 2.85. The van der Waals surface area contributed by atoms with Crippen LogP contribution in [0.1, 0.15) is 5.01 Å². The summed E-state index contributed by atoms with van der Waals surface area (Å²) in [5.41, 5.74) is 8.25. The van der Waals surface area contributed by atoms with Gasteiger partial charge < -0.3 is 10.6 Å². The number of H-pyrrole nitrogens is 1. The van der Waals surface area contributed by atoms with Crippen molar-refractivity contribution in [1.29, 1.82) is 0 Å². The first-order chi connectivity index (χ1) is 17.3. The van der Waals surface area contributed by atoms with Crippen LogP contribution in [0.4, 0.5) is 5.95 Å². The molecule has 2 fully saturated rings. The zero-order valence-corrected chi connectivity index (χ0v) is 21.7. The Kier molecular flexibility index (Phi) is 4.64. The van der Waals surface area contributed by atoms with Gasteiger partial charge >= 0.3 is 0 Å². The van der Waals surface area contributed by atoms with Gasteiger partial charge in [-0.05, 0) is 24.0 Å². The molecule has 3 N–H and O–H groups in total. The fourth-order valence-electron chi connectivity index (χ4n) is 5.96. The van der Waals surface area contributed by atoms with Crippen molar-refractivity contribution in [1.82, 2.24) is 34.5 Å². The molecule has 5 aromatic rings. The molecular formula is C23H21Cl2N9OS. The molecule has 7 rings (SSSR count). The number of benzene rings is 1. The van der Waals surface area contributed by atoms with Crippen LogP contribution in [0, 0.1) is 11.8 Å². The Morgan fingerprint density at radius 1 is 1.22 bits per heavy atom. The molecule has 1 saturated heterocycles. The Morgan fingerprint density at radius 2 is 2.00 bits per heavy atom. The van der Waals surface area contributed by atoms with Crippen molar-refractivity contribution in [3.63, 3.8) is 0 Å². The number of nitrogens with zero attached hydrogens (tertiary/aromatic N) is 7. The van der Waals surface area contributed by atoms with E-state index in [2.05, 4.69) is 25.2 Å². The molecule has 5 heterocycles. The lowest BCUT2D eigenvalue weighted by molar-refractivity contribution is 0.543. The predicted molar refractivity (Wildman–Crippen MR) is 141 cm³/mol. The van der Waals surface area contributed by atoms with Gasteiger partial charge in [0.15, 0.2) is 5.65 Å². The minimum Gasteiger partial charge on any atom is -0.341 e. The Balaban J connectivity index is 1.26. The van der Waals surface area contributed by atoms with Crippen LogP contribution in [-0.4, -0.2) is 54.1 Å². The molecule has 0 bridgehead atoms. The lowest BCUT2D eigenvalue weighted by Crippen LogP contribution is -2.37. The van der Waals surface area contributed by atoms with E-state index < -0.39 is 0 Å². The minimum absolute atomic E-state index is 0.139. The summed E-state index contributed by atoms with van der Waals surface area (Å²) in [5, 5.41) is 16.9. The number of anilines is 1. The van der Waals surface area contributed by atoms with E-state index in [9.17, 15) is 4.79 Å². The maximum atomic E-state index is 13.6. The Morgan fingerprint density at radius 3 is 2.69 bits per heavy atom. The van der Waals surface area contributed by atoms with Crippen LogP contribution in [0.25, 0.3) is 33.2 Å². The fraction of sp³-hybridized carbons (Fsp3) is 0.348. The van der Waals surface area contributed by atoms with Gasteiger partial charge in [-0.25, -0.2) is 4.98 Å². The van der Waals surface area contributed by atoms with Gasteiger partial charge in [0.25, 0.3) is 5.56 Å². The number of aryl methyl sites for hydroxylation is 1. The van der Waals surface area contributed by atoms with Crippen molar-refractivity contribution in [3.8, 4) is 11.3 Å². The van der Waals surface area contributed by atoms with Crippen LogP contribution < -0.4 is 16.2 Å². The van der Waals surface area contributed by atoms with Crippen LogP contribution in [0.15, 0.2) is 28.5 Å². The lowest BCUT2D eigenvalue weighted by atomic mass is 10.0. The van der Waals surface area contributed by atoms with Gasteiger partial charge in [-0.15, -0.1) is 11.3 Å². The number of hydrogen-bond acceptors (Lipinski definition) is 8. The zero-order valence-electron chi connectivity index (χ0n) is 19.4. The average Bonchev–Trinajstić information content (AvgIpc) is 3.46. The predicted octanol–water partition coefficient (Wildman–Crippen LogP) is 2.94. The third-order valence-corrected chi connectivity index (χ3v) is 9.57. The summed E-state index contributed by atoms with van der Waals surface area (Å²) in [4.78, 5) is 25.0. The van der Waals surface area contributed by atoms with Crippen molar-refractivity contribution in [2.45, 2.75) is 5.41 Å². The highest BCUT2D eigenvalue weighted by molar-refractivity contribution is 7.10. The third-order valence-electron chi connectivity index (χ3n) is 7.80. The second-order valence-corrected chi connectivity index (χ2v) is 11.2. The van der Waals surface area contributed by atoms with E-state index in [0.29, 0.717) is 56.8 Å². The number of fused-ring (bicyclic) bond motifs is 3. The van der Waals surface area contributed by atoms with E-state index in [1.807, 2.05) is 30.8 Å². The van der Waals surface area contributed by atoms with E-state index in [-0.39, 0.29) is 11.0 Å².